The van der Waals surface area contributed by atoms with Crippen LogP contribution in [0.15, 0.2) is 52.2 Å². The van der Waals surface area contributed by atoms with Crippen LogP contribution in [0.1, 0.15) is 5.76 Å². The molecule has 0 unspecified atom stereocenters. The van der Waals surface area contributed by atoms with E-state index in [1.807, 2.05) is 36.4 Å². The van der Waals surface area contributed by atoms with Crippen LogP contribution in [0.25, 0.3) is 11.0 Å². The van der Waals surface area contributed by atoms with Gasteiger partial charge in [-0.3, -0.25) is 0 Å². The van der Waals surface area contributed by atoms with Gasteiger partial charge in [0, 0.05) is 0 Å². The van der Waals surface area contributed by atoms with Crippen LogP contribution in [-0.4, -0.2) is 16.2 Å². The lowest BCUT2D eigenvalue weighted by Crippen LogP contribution is -1.91. The summed E-state index contributed by atoms with van der Waals surface area (Å²) < 4.78 is 5.11. The summed E-state index contributed by atoms with van der Waals surface area (Å²) in [4.78, 5) is 7.43. The van der Waals surface area contributed by atoms with Crippen molar-refractivity contribution in [2.75, 3.05) is 5.43 Å². The first-order valence-electron chi connectivity index (χ1n) is 5.19. The van der Waals surface area contributed by atoms with E-state index in [-0.39, 0.29) is 0 Å². The van der Waals surface area contributed by atoms with Crippen LogP contribution in [0, 0.1) is 0 Å². The minimum atomic E-state index is 0.606. The zero-order valence-corrected chi connectivity index (χ0v) is 8.92. The summed E-state index contributed by atoms with van der Waals surface area (Å²) in [7, 11) is 0. The Morgan fingerprint density at radius 1 is 1.24 bits per heavy atom. The Kier molecular flexibility index (Phi) is 2.34. The van der Waals surface area contributed by atoms with Gasteiger partial charge in [0.05, 0.1) is 23.5 Å². The highest BCUT2D eigenvalue weighted by atomic mass is 16.3. The molecule has 0 bridgehead atoms. The van der Waals surface area contributed by atoms with E-state index in [1.54, 1.807) is 12.5 Å². The van der Waals surface area contributed by atoms with Crippen molar-refractivity contribution in [2.45, 2.75) is 0 Å². The Morgan fingerprint density at radius 2 is 2.18 bits per heavy atom. The number of rotatable bonds is 3. The molecule has 0 fully saturated rings. The highest BCUT2D eigenvalue weighted by Crippen LogP contribution is 2.12. The highest BCUT2D eigenvalue weighted by Gasteiger charge is 1.99. The van der Waals surface area contributed by atoms with Gasteiger partial charge in [-0.1, -0.05) is 12.1 Å². The van der Waals surface area contributed by atoms with E-state index in [0.29, 0.717) is 11.7 Å². The molecule has 0 spiro atoms. The monoisotopic (exact) mass is 226 g/mol. The summed E-state index contributed by atoms with van der Waals surface area (Å²) in [5, 5.41) is 4.02. The molecule has 0 saturated carbocycles. The van der Waals surface area contributed by atoms with Gasteiger partial charge in [-0.2, -0.15) is 5.10 Å². The molecular weight excluding hydrogens is 216 g/mol. The summed E-state index contributed by atoms with van der Waals surface area (Å²) in [5.74, 6) is 1.29. The third-order valence-corrected chi connectivity index (χ3v) is 2.29. The van der Waals surface area contributed by atoms with E-state index in [1.165, 1.54) is 0 Å². The second-order valence-corrected chi connectivity index (χ2v) is 3.49. The highest BCUT2D eigenvalue weighted by molar-refractivity contribution is 5.78. The Hall–Kier alpha value is -2.56. The van der Waals surface area contributed by atoms with Crippen molar-refractivity contribution in [3.05, 3.63) is 48.4 Å². The van der Waals surface area contributed by atoms with Crippen LogP contribution in [-0.2, 0) is 0 Å². The number of furan rings is 1. The number of aromatic nitrogens is 2. The predicted molar refractivity (Wildman–Crippen MR) is 66.0 cm³/mol. The summed E-state index contributed by atoms with van der Waals surface area (Å²) in [5.41, 5.74) is 4.70. The molecule has 0 aliphatic heterocycles. The maximum absolute atomic E-state index is 5.11. The fourth-order valence-corrected chi connectivity index (χ4v) is 1.53. The number of aromatic amines is 1. The minimum Gasteiger partial charge on any atom is -0.463 e. The normalized spacial score (nSPS) is 11.3. The lowest BCUT2D eigenvalue weighted by atomic mass is 10.3. The summed E-state index contributed by atoms with van der Waals surface area (Å²) >= 11 is 0. The van der Waals surface area contributed by atoms with Gasteiger partial charge < -0.3 is 9.40 Å². The van der Waals surface area contributed by atoms with E-state index in [9.17, 15) is 0 Å². The summed E-state index contributed by atoms with van der Waals surface area (Å²) in [6, 6.07) is 11.4. The Balaban J connectivity index is 1.77. The lowest BCUT2D eigenvalue weighted by molar-refractivity contribution is 0.560. The largest absolute Gasteiger partial charge is 0.463 e. The fraction of sp³-hybridized carbons (Fsp3) is 0. The van der Waals surface area contributed by atoms with Crippen LogP contribution < -0.4 is 5.43 Å². The standard InChI is InChI=1S/C12H10N4O/c1-2-6-11-10(5-1)14-12(15-11)16-13-8-9-4-3-7-17-9/h1-8H,(H2,14,15,16)/b13-8-. The van der Waals surface area contributed by atoms with Gasteiger partial charge in [-0.15, -0.1) is 0 Å². The Labute approximate surface area is 97.2 Å². The summed E-state index contributed by atoms with van der Waals surface area (Å²) in [6.45, 7) is 0. The Morgan fingerprint density at radius 3 is 3.00 bits per heavy atom. The van der Waals surface area contributed by atoms with E-state index < -0.39 is 0 Å². The molecule has 1 aromatic carbocycles. The Bertz CT molecular complexity index is 606. The van der Waals surface area contributed by atoms with E-state index in [4.69, 9.17) is 4.42 Å². The molecule has 3 rings (SSSR count). The molecule has 0 saturated heterocycles. The van der Waals surface area contributed by atoms with Crippen molar-refractivity contribution >= 4 is 23.2 Å². The molecule has 0 atom stereocenters. The van der Waals surface area contributed by atoms with E-state index in [2.05, 4.69) is 20.5 Å². The van der Waals surface area contributed by atoms with Gasteiger partial charge in [0.25, 0.3) is 0 Å². The van der Waals surface area contributed by atoms with Crippen molar-refractivity contribution in [1.29, 1.82) is 0 Å². The van der Waals surface area contributed by atoms with Gasteiger partial charge >= 0.3 is 0 Å². The van der Waals surface area contributed by atoms with Gasteiger partial charge in [-0.05, 0) is 24.3 Å². The average Bonchev–Trinajstić information content (AvgIpc) is 2.96. The van der Waals surface area contributed by atoms with Crippen molar-refractivity contribution < 1.29 is 4.42 Å². The number of hydrogen-bond acceptors (Lipinski definition) is 4. The van der Waals surface area contributed by atoms with Gasteiger partial charge in [0.1, 0.15) is 5.76 Å². The zero-order valence-electron chi connectivity index (χ0n) is 8.92. The summed E-state index contributed by atoms with van der Waals surface area (Å²) in [6.07, 6.45) is 3.19. The second-order valence-electron chi connectivity index (χ2n) is 3.49. The number of para-hydroxylation sites is 2. The van der Waals surface area contributed by atoms with Crippen molar-refractivity contribution in [3.8, 4) is 0 Å². The average molecular weight is 226 g/mol. The molecule has 0 amide bonds. The third-order valence-electron chi connectivity index (χ3n) is 2.29. The van der Waals surface area contributed by atoms with Gasteiger partial charge in [0.15, 0.2) is 0 Å². The molecule has 5 nitrogen and oxygen atoms in total. The second kappa shape index (κ2) is 4.13. The number of imidazole rings is 1. The molecule has 0 aliphatic carbocycles. The SMILES string of the molecule is C(=N/Nc1nc2ccccc2[nH]1)/c1ccco1. The third kappa shape index (κ3) is 2.03. The molecule has 2 aromatic heterocycles. The van der Waals surface area contributed by atoms with Crippen LogP contribution in [0.3, 0.4) is 0 Å². The van der Waals surface area contributed by atoms with Gasteiger partial charge in [0.2, 0.25) is 5.95 Å². The van der Waals surface area contributed by atoms with Crippen LogP contribution in [0.4, 0.5) is 5.95 Å². The van der Waals surface area contributed by atoms with Crippen molar-refractivity contribution in [3.63, 3.8) is 0 Å². The number of nitrogens with one attached hydrogen (secondary N) is 2. The molecule has 2 N–H and O–H groups in total. The first-order chi connectivity index (χ1) is 8.42. The number of H-pyrrole nitrogens is 1. The van der Waals surface area contributed by atoms with E-state index in [0.717, 1.165) is 11.0 Å². The molecule has 2 heterocycles. The molecule has 0 radical (unpaired) electrons. The first kappa shape index (κ1) is 9.65. The number of hydrogen-bond donors (Lipinski definition) is 2. The quantitative estimate of drug-likeness (QED) is 0.533. The topological polar surface area (TPSA) is 66.2 Å². The minimum absolute atomic E-state index is 0.606. The maximum atomic E-state index is 5.11. The zero-order chi connectivity index (χ0) is 11.5. The fourth-order valence-electron chi connectivity index (χ4n) is 1.53. The van der Waals surface area contributed by atoms with Crippen molar-refractivity contribution in [2.24, 2.45) is 5.10 Å². The number of hydrazone groups is 1. The number of benzene rings is 1. The number of anilines is 1. The molecule has 5 heteroatoms. The molecule has 3 aromatic rings. The number of nitrogens with zero attached hydrogens (tertiary/aromatic N) is 2. The molecule has 17 heavy (non-hydrogen) atoms. The predicted octanol–water partition coefficient (Wildman–Crippen LogP) is 2.60. The molecule has 0 aliphatic rings. The van der Waals surface area contributed by atoms with Crippen LogP contribution >= 0.6 is 0 Å². The van der Waals surface area contributed by atoms with Crippen LogP contribution in [0.5, 0.6) is 0 Å². The van der Waals surface area contributed by atoms with Crippen LogP contribution in [0.2, 0.25) is 0 Å². The van der Waals surface area contributed by atoms with E-state index >= 15 is 0 Å². The maximum Gasteiger partial charge on any atom is 0.222 e. The van der Waals surface area contributed by atoms with Gasteiger partial charge in [-0.25, -0.2) is 10.4 Å². The lowest BCUT2D eigenvalue weighted by Gasteiger charge is -1.91. The smallest absolute Gasteiger partial charge is 0.222 e. The molecular formula is C12H10N4O. The number of fused-ring (bicyclic) bond motifs is 1. The van der Waals surface area contributed by atoms with Crippen molar-refractivity contribution in [1.82, 2.24) is 9.97 Å². The first-order valence-corrected chi connectivity index (χ1v) is 5.19. The molecule has 84 valence electrons.